The third-order valence-electron chi connectivity index (χ3n) is 4.87. The largest absolute Gasteiger partial charge is 0.309 e. The quantitative estimate of drug-likeness (QED) is 0.740. The Bertz CT molecular complexity index is 449. The Balaban J connectivity index is 1.69. The predicted octanol–water partition coefficient (Wildman–Crippen LogP) is 3.91. The second kappa shape index (κ2) is 6.93. The van der Waals surface area contributed by atoms with Crippen LogP contribution in [0.25, 0.3) is 0 Å². The highest BCUT2D eigenvalue weighted by Gasteiger charge is 2.34. The Morgan fingerprint density at radius 1 is 1.19 bits per heavy atom. The summed E-state index contributed by atoms with van der Waals surface area (Å²) >= 11 is 0. The van der Waals surface area contributed by atoms with Crippen LogP contribution in [-0.4, -0.2) is 30.6 Å². The number of hydrogen-bond acceptors (Lipinski definition) is 2. The molecule has 2 nitrogen and oxygen atoms in total. The zero-order valence-electron chi connectivity index (χ0n) is 13.6. The van der Waals surface area contributed by atoms with Gasteiger partial charge in [0.2, 0.25) is 0 Å². The number of benzene rings is 1. The second-order valence-corrected chi connectivity index (χ2v) is 6.99. The van der Waals surface area contributed by atoms with Crippen LogP contribution in [0.5, 0.6) is 0 Å². The van der Waals surface area contributed by atoms with E-state index in [2.05, 4.69) is 48.3 Å². The van der Waals surface area contributed by atoms with Crippen LogP contribution < -0.4 is 5.32 Å². The summed E-state index contributed by atoms with van der Waals surface area (Å²) in [6.07, 6.45) is 6.96. The molecule has 0 aliphatic heterocycles. The molecule has 0 saturated heterocycles. The summed E-state index contributed by atoms with van der Waals surface area (Å²) in [4.78, 5) is 2.78. The zero-order chi connectivity index (χ0) is 14.7. The van der Waals surface area contributed by atoms with Crippen LogP contribution >= 0.6 is 0 Å². The monoisotopic (exact) mass is 286 g/mol. The first-order chi connectivity index (χ1) is 10.3. The minimum atomic E-state index is 0.491. The van der Waals surface area contributed by atoms with Gasteiger partial charge in [0.1, 0.15) is 0 Å². The van der Waals surface area contributed by atoms with Gasteiger partial charge in [-0.1, -0.05) is 31.2 Å². The van der Waals surface area contributed by atoms with Gasteiger partial charge in [-0.25, -0.2) is 0 Å². The molecule has 116 valence electrons. The van der Waals surface area contributed by atoms with E-state index < -0.39 is 0 Å². The van der Waals surface area contributed by atoms with E-state index >= 15 is 0 Å². The number of hydrogen-bond donors (Lipinski definition) is 1. The van der Waals surface area contributed by atoms with E-state index in [4.69, 9.17) is 0 Å². The maximum Gasteiger partial charge on any atom is 0.0452 e. The van der Waals surface area contributed by atoms with Gasteiger partial charge in [0.05, 0.1) is 0 Å². The molecule has 2 fully saturated rings. The van der Waals surface area contributed by atoms with E-state index in [1.807, 2.05) is 0 Å². The average molecular weight is 286 g/mol. The van der Waals surface area contributed by atoms with Crippen molar-refractivity contribution >= 4 is 0 Å². The highest BCUT2D eigenvalue weighted by molar-refractivity contribution is 5.29. The molecule has 0 spiro atoms. The normalized spacial score (nSPS) is 20.0. The van der Waals surface area contributed by atoms with Crippen molar-refractivity contribution in [1.29, 1.82) is 0 Å². The molecule has 0 bridgehead atoms. The summed E-state index contributed by atoms with van der Waals surface area (Å²) in [5, 5.41) is 3.79. The van der Waals surface area contributed by atoms with Crippen LogP contribution in [-0.2, 0) is 0 Å². The molecule has 2 aliphatic rings. The maximum absolute atomic E-state index is 3.79. The van der Waals surface area contributed by atoms with Crippen molar-refractivity contribution in [2.45, 2.75) is 58.0 Å². The Kier molecular flexibility index (Phi) is 4.97. The molecular weight excluding hydrogens is 256 g/mol. The molecule has 1 unspecified atom stereocenters. The molecule has 1 aromatic carbocycles. The van der Waals surface area contributed by atoms with E-state index in [9.17, 15) is 0 Å². The van der Waals surface area contributed by atoms with Gasteiger partial charge in [0.25, 0.3) is 0 Å². The summed E-state index contributed by atoms with van der Waals surface area (Å²) in [5.41, 5.74) is 2.92. The number of nitrogens with zero attached hydrogens (tertiary/aromatic N) is 1. The molecular formula is C19H30N2. The molecule has 0 heterocycles. The van der Waals surface area contributed by atoms with Gasteiger partial charge in [-0.05, 0) is 62.6 Å². The van der Waals surface area contributed by atoms with E-state index in [1.165, 1.54) is 56.3 Å². The van der Waals surface area contributed by atoms with Crippen LogP contribution in [0.4, 0.5) is 0 Å². The third kappa shape index (κ3) is 4.31. The van der Waals surface area contributed by atoms with Crippen LogP contribution in [0, 0.1) is 12.8 Å². The van der Waals surface area contributed by atoms with Gasteiger partial charge in [0.15, 0.2) is 0 Å². The Morgan fingerprint density at radius 3 is 2.57 bits per heavy atom. The molecule has 2 aliphatic carbocycles. The van der Waals surface area contributed by atoms with E-state index in [0.717, 1.165) is 18.5 Å². The first kappa shape index (κ1) is 15.1. The lowest BCUT2D eigenvalue weighted by molar-refractivity contribution is 0.223. The van der Waals surface area contributed by atoms with Crippen molar-refractivity contribution in [3.63, 3.8) is 0 Å². The van der Waals surface area contributed by atoms with Crippen molar-refractivity contribution in [3.8, 4) is 0 Å². The SMILES string of the molecule is CCCNC(CN(CC1CC1)C1CC1)c1ccccc1C. The lowest BCUT2D eigenvalue weighted by Gasteiger charge is -2.29. The fourth-order valence-corrected chi connectivity index (χ4v) is 3.25. The van der Waals surface area contributed by atoms with E-state index in [1.54, 1.807) is 0 Å². The number of nitrogens with one attached hydrogen (secondary N) is 1. The summed E-state index contributed by atoms with van der Waals surface area (Å²) in [6, 6.07) is 10.3. The smallest absolute Gasteiger partial charge is 0.0452 e. The molecule has 1 atom stereocenters. The van der Waals surface area contributed by atoms with Crippen molar-refractivity contribution in [2.24, 2.45) is 5.92 Å². The fraction of sp³-hybridized carbons (Fsp3) is 0.684. The Hall–Kier alpha value is -0.860. The van der Waals surface area contributed by atoms with Crippen molar-refractivity contribution < 1.29 is 0 Å². The van der Waals surface area contributed by atoms with Crippen LogP contribution in [0.2, 0.25) is 0 Å². The standard InChI is InChI=1S/C19H30N2/c1-3-12-20-19(18-7-5-4-6-15(18)2)14-21(17-10-11-17)13-16-8-9-16/h4-7,16-17,19-20H,3,8-14H2,1-2H3. The van der Waals surface area contributed by atoms with Crippen LogP contribution in [0.3, 0.4) is 0 Å². The lowest BCUT2D eigenvalue weighted by atomic mass is 10.0. The molecule has 21 heavy (non-hydrogen) atoms. The number of aryl methyl sites for hydroxylation is 1. The van der Waals surface area contributed by atoms with Crippen LogP contribution in [0.15, 0.2) is 24.3 Å². The summed E-state index contributed by atoms with van der Waals surface area (Å²) in [7, 11) is 0. The van der Waals surface area contributed by atoms with Gasteiger partial charge in [-0.2, -0.15) is 0 Å². The van der Waals surface area contributed by atoms with E-state index in [-0.39, 0.29) is 0 Å². The predicted molar refractivity (Wildman–Crippen MR) is 89.5 cm³/mol. The molecule has 0 radical (unpaired) electrons. The first-order valence-electron chi connectivity index (χ1n) is 8.81. The van der Waals surface area contributed by atoms with Crippen molar-refractivity contribution in [1.82, 2.24) is 10.2 Å². The highest BCUT2D eigenvalue weighted by atomic mass is 15.2. The lowest BCUT2D eigenvalue weighted by Crippen LogP contribution is -2.38. The first-order valence-corrected chi connectivity index (χ1v) is 8.81. The summed E-state index contributed by atoms with van der Waals surface area (Å²) in [5.74, 6) is 0.995. The van der Waals surface area contributed by atoms with Gasteiger partial charge in [-0.3, -0.25) is 4.90 Å². The molecule has 1 aromatic rings. The molecule has 0 aromatic heterocycles. The van der Waals surface area contributed by atoms with Crippen molar-refractivity contribution in [2.75, 3.05) is 19.6 Å². The second-order valence-electron chi connectivity index (χ2n) is 6.99. The Labute approximate surface area is 129 Å². The minimum Gasteiger partial charge on any atom is -0.309 e. The molecule has 2 heteroatoms. The third-order valence-corrected chi connectivity index (χ3v) is 4.87. The van der Waals surface area contributed by atoms with Gasteiger partial charge in [0, 0.05) is 25.2 Å². The Morgan fingerprint density at radius 2 is 1.95 bits per heavy atom. The molecule has 3 rings (SSSR count). The van der Waals surface area contributed by atoms with Gasteiger partial charge in [-0.15, -0.1) is 0 Å². The summed E-state index contributed by atoms with van der Waals surface area (Å²) < 4.78 is 0. The van der Waals surface area contributed by atoms with Crippen molar-refractivity contribution in [3.05, 3.63) is 35.4 Å². The van der Waals surface area contributed by atoms with E-state index in [0.29, 0.717) is 6.04 Å². The van der Waals surface area contributed by atoms with Gasteiger partial charge >= 0.3 is 0 Å². The van der Waals surface area contributed by atoms with Gasteiger partial charge < -0.3 is 5.32 Å². The topological polar surface area (TPSA) is 15.3 Å². The molecule has 1 N–H and O–H groups in total. The number of rotatable bonds is 9. The van der Waals surface area contributed by atoms with Crippen LogP contribution in [0.1, 0.15) is 56.2 Å². The summed E-state index contributed by atoms with van der Waals surface area (Å²) in [6.45, 7) is 8.14. The zero-order valence-corrected chi connectivity index (χ0v) is 13.6. The maximum atomic E-state index is 3.79. The minimum absolute atomic E-state index is 0.491. The molecule has 0 amide bonds. The fourth-order valence-electron chi connectivity index (χ4n) is 3.25. The highest BCUT2D eigenvalue weighted by Crippen LogP contribution is 2.36. The average Bonchev–Trinajstić information content (AvgIpc) is 3.36. The molecule has 2 saturated carbocycles.